The van der Waals surface area contributed by atoms with E-state index in [1.165, 1.54) is 0 Å². The van der Waals surface area contributed by atoms with Crippen molar-refractivity contribution in [1.29, 1.82) is 0 Å². The highest BCUT2D eigenvalue weighted by Gasteiger charge is 2.04. The Kier molecular flexibility index (Phi) is 6.81. The number of carbonyl (C=O) groups is 2. The molecular weight excluding hydrogens is 296 g/mol. The van der Waals surface area contributed by atoms with E-state index in [0.717, 1.165) is 11.1 Å². The minimum absolute atomic E-state index is 0.0191. The summed E-state index contributed by atoms with van der Waals surface area (Å²) < 4.78 is 5.41. The van der Waals surface area contributed by atoms with Crippen LogP contribution in [0.15, 0.2) is 12.1 Å². The van der Waals surface area contributed by atoms with Crippen molar-refractivity contribution in [3.05, 3.63) is 28.3 Å². The SMILES string of the molecule is Cc1cc(OCNC(=O)NCCCC(=O)O)cc(C)c1Cl. The second-order valence-corrected chi connectivity index (χ2v) is 4.97. The number of aliphatic carboxylic acids is 1. The van der Waals surface area contributed by atoms with Gasteiger partial charge in [-0.05, 0) is 43.5 Å². The van der Waals surface area contributed by atoms with Gasteiger partial charge in [0.1, 0.15) is 5.75 Å². The summed E-state index contributed by atoms with van der Waals surface area (Å²) in [4.78, 5) is 21.7. The second kappa shape index (κ2) is 8.36. The molecule has 7 heteroatoms. The first-order chi connectivity index (χ1) is 9.90. The molecule has 0 radical (unpaired) electrons. The minimum atomic E-state index is -0.881. The number of urea groups is 1. The van der Waals surface area contributed by atoms with Crippen LogP contribution in [0.5, 0.6) is 5.75 Å². The highest BCUT2D eigenvalue weighted by Crippen LogP contribution is 2.25. The Morgan fingerprint density at radius 2 is 1.86 bits per heavy atom. The molecule has 0 aromatic heterocycles. The summed E-state index contributed by atoms with van der Waals surface area (Å²) in [5, 5.41) is 14.2. The molecule has 0 spiro atoms. The molecule has 0 unspecified atom stereocenters. The van der Waals surface area contributed by atoms with Crippen molar-refractivity contribution in [2.75, 3.05) is 13.3 Å². The fourth-order valence-corrected chi connectivity index (χ4v) is 1.79. The van der Waals surface area contributed by atoms with E-state index < -0.39 is 12.0 Å². The lowest BCUT2D eigenvalue weighted by molar-refractivity contribution is -0.137. The van der Waals surface area contributed by atoms with Crippen LogP contribution in [-0.4, -0.2) is 30.4 Å². The number of aryl methyl sites for hydroxylation is 2. The fraction of sp³-hybridized carbons (Fsp3) is 0.429. The summed E-state index contributed by atoms with van der Waals surface area (Å²) in [6, 6.07) is 3.19. The van der Waals surface area contributed by atoms with Crippen LogP contribution in [0.3, 0.4) is 0 Å². The molecular formula is C14H19ClN2O4. The summed E-state index contributed by atoms with van der Waals surface area (Å²) in [5.41, 5.74) is 1.81. The molecule has 0 bridgehead atoms. The lowest BCUT2D eigenvalue weighted by atomic mass is 10.1. The number of halogens is 1. The number of benzene rings is 1. The maximum absolute atomic E-state index is 11.4. The van der Waals surface area contributed by atoms with E-state index in [9.17, 15) is 9.59 Å². The zero-order valence-electron chi connectivity index (χ0n) is 12.0. The third kappa shape index (κ3) is 6.35. The number of amides is 2. The number of hydrogen-bond acceptors (Lipinski definition) is 3. The van der Waals surface area contributed by atoms with Crippen molar-refractivity contribution >= 4 is 23.6 Å². The van der Waals surface area contributed by atoms with Gasteiger partial charge < -0.3 is 20.5 Å². The lowest BCUT2D eigenvalue weighted by Gasteiger charge is -2.11. The van der Waals surface area contributed by atoms with Crippen LogP contribution >= 0.6 is 11.6 Å². The fourth-order valence-electron chi connectivity index (χ4n) is 1.68. The Morgan fingerprint density at radius 3 is 2.43 bits per heavy atom. The predicted octanol–water partition coefficient (Wildman–Crippen LogP) is 2.46. The van der Waals surface area contributed by atoms with Crippen molar-refractivity contribution in [2.45, 2.75) is 26.7 Å². The van der Waals surface area contributed by atoms with Gasteiger partial charge in [-0.2, -0.15) is 0 Å². The minimum Gasteiger partial charge on any atom is -0.481 e. The van der Waals surface area contributed by atoms with E-state index in [0.29, 0.717) is 23.7 Å². The first-order valence-electron chi connectivity index (χ1n) is 6.53. The smallest absolute Gasteiger partial charge is 0.317 e. The summed E-state index contributed by atoms with van der Waals surface area (Å²) >= 11 is 6.05. The van der Waals surface area contributed by atoms with Gasteiger partial charge in [0.15, 0.2) is 6.73 Å². The second-order valence-electron chi connectivity index (χ2n) is 4.59. The maximum atomic E-state index is 11.4. The molecule has 0 saturated heterocycles. The average molecular weight is 315 g/mol. The van der Waals surface area contributed by atoms with Crippen molar-refractivity contribution in [3.8, 4) is 5.75 Å². The standard InChI is InChI=1S/C14H19ClN2O4/c1-9-6-11(7-10(2)13(9)15)21-8-17-14(20)16-5-3-4-12(18)19/h6-7H,3-5,8H2,1-2H3,(H,18,19)(H2,16,17,20). The molecule has 1 rings (SSSR count). The highest BCUT2D eigenvalue weighted by atomic mass is 35.5. The van der Waals surface area contributed by atoms with Crippen molar-refractivity contribution in [1.82, 2.24) is 10.6 Å². The first-order valence-corrected chi connectivity index (χ1v) is 6.91. The molecule has 6 nitrogen and oxygen atoms in total. The molecule has 0 heterocycles. The zero-order chi connectivity index (χ0) is 15.8. The molecule has 0 saturated carbocycles. The van der Waals surface area contributed by atoms with Gasteiger partial charge >= 0.3 is 12.0 Å². The van der Waals surface area contributed by atoms with Crippen LogP contribution in [0.1, 0.15) is 24.0 Å². The number of carboxylic acids is 1. The summed E-state index contributed by atoms with van der Waals surface area (Å²) in [6.45, 7) is 4.08. The molecule has 0 fully saturated rings. The lowest BCUT2D eigenvalue weighted by Crippen LogP contribution is -2.38. The Balaban J connectivity index is 2.27. The van der Waals surface area contributed by atoms with Gasteiger partial charge in [-0.25, -0.2) is 4.79 Å². The largest absolute Gasteiger partial charge is 0.481 e. The Labute approximate surface area is 128 Å². The van der Waals surface area contributed by atoms with E-state index in [2.05, 4.69) is 10.6 Å². The Morgan fingerprint density at radius 1 is 1.24 bits per heavy atom. The molecule has 0 atom stereocenters. The number of nitrogens with one attached hydrogen (secondary N) is 2. The molecule has 2 amide bonds. The normalized spacial score (nSPS) is 10.0. The molecule has 1 aromatic carbocycles. The molecule has 116 valence electrons. The van der Waals surface area contributed by atoms with Crippen LogP contribution in [0.25, 0.3) is 0 Å². The van der Waals surface area contributed by atoms with Gasteiger partial charge in [-0.1, -0.05) is 11.6 Å². The van der Waals surface area contributed by atoms with Gasteiger partial charge in [0, 0.05) is 18.0 Å². The maximum Gasteiger partial charge on any atom is 0.317 e. The summed E-state index contributed by atoms with van der Waals surface area (Å²) in [7, 11) is 0. The number of carboxylic acid groups (broad SMARTS) is 1. The zero-order valence-corrected chi connectivity index (χ0v) is 12.8. The summed E-state index contributed by atoms with van der Waals surface area (Å²) in [6.07, 6.45) is 0.416. The molecule has 0 aliphatic heterocycles. The van der Waals surface area contributed by atoms with Gasteiger partial charge in [-0.3, -0.25) is 4.79 Å². The topological polar surface area (TPSA) is 87.7 Å². The van der Waals surface area contributed by atoms with E-state index in [-0.39, 0.29) is 13.2 Å². The monoisotopic (exact) mass is 314 g/mol. The number of ether oxygens (including phenoxy) is 1. The quantitative estimate of drug-likeness (QED) is 0.533. The number of hydrogen-bond donors (Lipinski definition) is 3. The van der Waals surface area contributed by atoms with E-state index >= 15 is 0 Å². The van der Waals surface area contributed by atoms with Gasteiger partial charge in [-0.15, -0.1) is 0 Å². The van der Waals surface area contributed by atoms with Crippen LogP contribution in [-0.2, 0) is 4.79 Å². The predicted molar refractivity (Wildman–Crippen MR) is 79.8 cm³/mol. The molecule has 0 aliphatic rings. The molecule has 1 aromatic rings. The van der Waals surface area contributed by atoms with Gasteiger partial charge in [0.2, 0.25) is 0 Å². The average Bonchev–Trinajstić information content (AvgIpc) is 2.40. The first kappa shape index (κ1) is 17.1. The van der Waals surface area contributed by atoms with Crippen molar-refractivity contribution in [3.63, 3.8) is 0 Å². The van der Waals surface area contributed by atoms with Crippen molar-refractivity contribution < 1.29 is 19.4 Å². The van der Waals surface area contributed by atoms with E-state index in [1.54, 1.807) is 12.1 Å². The van der Waals surface area contributed by atoms with E-state index in [1.807, 2.05) is 13.8 Å². The van der Waals surface area contributed by atoms with Crippen LogP contribution < -0.4 is 15.4 Å². The van der Waals surface area contributed by atoms with Gasteiger partial charge in [0.05, 0.1) is 0 Å². The Hall–Kier alpha value is -1.95. The van der Waals surface area contributed by atoms with E-state index in [4.69, 9.17) is 21.4 Å². The third-order valence-corrected chi connectivity index (χ3v) is 3.33. The van der Waals surface area contributed by atoms with Gasteiger partial charge in [0.25, 0.3) is 0 Å². The highest BCUT2D eigenvalue weighted by molar-refractivity contribution is 6.32. The number of rotatable bonds is 7. The van der Waals surface area contributed by atoms with Crippen LogP contribution in [0, 0.1) is 13.8 Å². The van der Waals surface area contributed by atoms with Crippen LogP contribution in [0.4, 0.5) is 4.79 Å². The number of carbonyl (C=O) groups excluding carboxylic acids is 1. The molecule has 3 N–H and O–H groups in total. The van der Waals surface area contributed by atoms with Crippen molar-refractivity contribution in [2.24, 2.45) is 0 Å². The third-order valence-electron chi connectivity index (χ3n) is 2.73. The van der Waals surface area contributed by atoms with Crippen LogP contribution in [0.2, 0.25) is 5.02 Å². The summed E-state index contributed by atoms with van der Waals surface area (Å²) in [5.74, 6) is -0.255. The molecule has 21 heavy (non-hydrogen) atoms. The Bertz CT molecular complexity index is 497. The molecule has 0 aliphatic carbocycles.